The number of carbonyl (C=O) groups excluding carboxylic acids is 1. The first-order valence-corrected chi connectivity index (χ1v) is 6.75. The Labute approximate surface area is 106 Å². The molecule has 2 atom stereocenters. The maximum atomic E-state index is 12.1. The summed E-state index contributed by atoms with van der Waals surface area (Å²) in [5, 5.41) is 3.89. The quantitative estimate of drug-likeness (QED) is 0.859. The third kappa shape index (κ3) is 2.66. The average Bonchev–Trinajstić information content (AvgIpc) is 3.02. The van der Waals surface area contributed by atoms with Gasteiger partial charge in [0.2, 0.25) is 5.91 Å². The fourth-order valence-electron chi connectivity index (χ4n) is 1.85. The Balaban J connectivity index is 1.98. The van der Waals surface area contributed by atoms with Crippen LogP contribution in [0.3, 0.4) is 0 Å². The van der Waals surface area contributed by atoms with Crippen molar-refractivity contribution in [2.75, 3.05) is 0 Å². The van der Waals surface area contributed by atoms with Gasteiger partial charge in [-0.15, -0.1) is 11.3 Å². The summed E-state index contributed by atoms with van der Waals surface area (Å²) in [6.45, 7) is 5.77. The number of aryl methyl sites for hydroxylation is 1. The SMILES string of the molecule is Cc1cnc(C(C)NC(=O)C(C)(N)C2CC2)s1. The van der Waals surface area contributed by atoms with Gasteiger partial charge in [0.1, 0.15) is 5.01 Å². The van der Waals surface area contributed by atoms with Gasteiger partial charge in [0.05, 0.1) is 11.6 Å². The lowest BCUT2D eigenvalue weighted by molar-refractivity contribution is -0.127. The third-order valence-corrected chi connectivity index (χ3v) is 4.37. The first-order chi connectivity index (χ1) is 7.91. The lowest BCUT2D eigenvalue weighted by Crippen LogP contribution is -2.53. The van der Waals surface area contributed by atoms with Crippen LogP contribution < -0.4 is 11.1 Å². The second-order valence-corrected chi connectivity index (χ2v) is 6.33. The summed E-state index contributed by atoms with van der Waals surface area (Å²) in [7, 11) is 0. The van der Waals surface area contributed by atoms with Crippen molar-refractivity contribution in [3.8, 4) is 0 Å². The molecule has 0 radical (unpaired) electrons. The Hall–Kier alpha value is -0.940. The monoisotopic (exact) mass is 253 g/mol. The smallest absolute Gasteiger partial charge is 0.240 e. The number of rotatable bonds is 4. The molecule has 1 heterocycles. The Kier molecular flexibility index (Phi) is 3.23. The van der Waals surface area contributed by atoms with E-state index in [1.165, 1.54) is 0 Å². The minimum Gasteiger partial charge on any atom is -0.346 e. The van der Waals surface area contributed by atoms with Gasteiger partial charge in [-0.2, -0.15) is 0 Å². The molecule has 2 unspecified atom stereocenters. The third-order valence-electron chi connectivity index (χ3n) is 3.27. The summed E-state index contributed by atoms with van der Waals surface area (Å²) in [6.07, 6.45) is 3.95. The first-order valence-electron chi connectivity index (χ1n) is 5.93. The molecule has 0 saturated heterocycles. The van der Waals surface area contributed by atoms with Crippen molar-refractivity contribution in [1.29, 1.82) is 0 Å². The van der Waals surface area contributed by atoms with Crippen molar-refractivity contribution in [3.63, 3.8) is 0 Å². The van der Waals surface area contributed by atoms with Crippen LogP contribution >= 0.6 is 11.3 Å². The van der Waals surface area contributed by atoms with E-state index in [4.69, 9.17) is 5.73 Å². The second kappa shape index (κ2) is 4.38. The molecular formula is C12H19N3OS. The van der Waals surface area contributed by atoms with Crippen LogP contribution in [0.4, 0.5) is 0 Å². The molecule has 1 aromatic heterocycles. The minimum absolute atomic E-state index is 0.0668. The average molecular weight is 253 g/mol. The first kappa shape index (κ1) is 12.5. The van der Waals surface area contributed by atoms with Gasteiger partial charge in [-0.1, -0.05) is 0 Å². The van der Waals surface area contributed by atoms with E-state index in [9.17, 15) is 4.79 Å². The molecule has 1 saturated carbocycles. The highest BCUT2D eigenvalue weighted by Crippen LogP contribution is 2.38. The van der Waals surface area contributed by atoms with Gasteiger partial charge in [0.25, 0.3) is 0 Å². The van der Waals surface area contributed by atoms with Crippen molar-refractivity contribution in [3.05, 3.63) is 16.1 Å². The molecule has 4 nitrogen and oxygen atoms in total. The molecule has 3 N–H and O–H groups in total. The van der Waals surface area contributed by atoms with E-state index < -0.39 is 5.54 Å². The number of nitrogens with one attached hydrogen (secondary N) is 1. The zero-order valence-electron chi connectivity index (χ0n) is 10.5. The summed E-state index contributed by atoms with van der Waals surface area (Å²) >= 11 is 1.61. The molecule has 0 aromatic carbocycles. The maximum Gasteiger partial charge on any atom is 0.240 e. The Morgan fingerprint density at radius 3 is 2.82 bits per heavy atom. The molecule has 1 aromatic rings. The van der Waals surface area contributed by atoms with Crippen LogP contribution in [0.5, 0.6) is 0 Å². The van der Waals surface area contributed by atoms with Gasteiger partial charge >= 0.3 is 0 Å². The van der Waals surface area contributed by atoms with E-state index in [2.05, 4.69) is 10.3 Å². The molecule has 1 fully saturated rings. The number of amides is 1. The van der Waals surface area contributed by atoms with Gasteiger partial charge in [-0.3, -0.25) is 4.79 Å². The molecule has 0 aliphatic heterocycles. The van der Waals surface area contributed by atoms with Crippen molar-refractivity contribution in [2.45, 2.75) is 45.2 Å². The molecule has 1 aliphatic carbocycles. The summed E-state index contributed by atoms with van der Waals surface area (Å²) in [5.41, 5.74) is 5.33. The lowest BCUT2D eigenvalue weighted by Gasteiger charge is -2.25. The number of aromatic nitrogens is 1. The zero-order valence-corrected chi connectivity index (χ0v) is 11.3. The van der Waals surface area contributed by atoms with Gasteiger partial charge in [0, 0.05) is 11.1 Å². The minimum atomic E-state index is -0.736. The van der Waals surface area contributed by atoms with E-state index >= 15 is 0 Å². The highest BCUT2D eigenvalue weighted by molar-refractivity contribution is 7.11. The largest absolute Gasteiger partial charge is 0.346 e. The maximum absolute atomic E-state index is 12.1. The topological polar surface area (TPSA) is 68.0 Å². The number of hydrogen-bond donors (Lipinski definition) is 2. The van der Waals surface area contributed by atoms with Crippen LogP contribution in [0, 0.1) is 12.8 Å². The molecule has 0 spiro atoms. The summed E-state index contributed by atoms with van der Waals surface area (Å²) in [6, 6.07) is -0.0668. The lowest BCUT2D eigenvalue weighted by atomic mass is 9.96. The van der Waals surface area contributed by atoms with E-state index in [1.54, 1.807) is 11.3 Å². The molecule has 2 rings (SSSR count). The van der Waals surface area contributed by atoms with E-state index in [0.717, 1.165) is 22.7 Å². The molecular weight excluding hydrogens is 234 g/mol. The van der Waals surface area contributed by atoms with Crippen molar-refractivity contribution in [1.82, 2.24) is 10.3 Å². The fraction of sp³-hybridized carbons (Fsp3) is 0.667. The van der Waals surface area contributed by atoms with Crippen LogP contribution in [0.15, 0.2) is 6.20 Å². The number of carbonyl (C=O) groups is 1. The van der Waals surface area contributed by atoms with Crippen molar-refractivity contribution < 1.29 is 4.79 Å². The Morgan fingerprint density at radius 1 is 1.71 bits per heavy atom. The van der Waals surface area contributed by atoms with Crippen LogP contribution in [0.25, 0.3) is 0 Å². The fourth-order valence-corrected chi connectivity index (χ4v) is 2.63. The van der Waals surface area contributed by atoms with Gasteiger partial charge in [-0.25, -0.2) is 4.98 Å². The van der Waals surface area contributed by atoms with E-state index in [-0.39, 0.29) is 11.9 Å². The zero-order chi connectivity index (χ0) is 12.6. The van der Waals surface area contributed by atoms with Crippen LogP contribution in [0.2, 0.25) is 0 Å². The van der Waals surface area contributed by atoms with Crippen LogP contribution in [-0.4, -0.2) is 16.4 Å². The normalized spacial score (nSPS) is 20.7. The van der Waals surface area contributed by atoms with Crippen LogP contribution in [0.1, 0.15) is 42.6 Å². The second-order valence-electron chi connectivity index (χ2n) is 5.06. The molecule has 5 heteroatoms. The Bertz CT molecular complexity index is 423. The summed E-state index contributed by atoms with van der Waals surface area (Å²) < 4.78 is 0. The van der Waals surface area contributed by atoms with E-state index in [0.29, 0.717) is 5.92 Å². The molecule has 0 bridgehead atoms. The molecule has 94 valence electrons. The Morgan fingerprint density at radius 2 is 2.35 bits per heavy atom. The highest BCUT2D eigenvalue weighted by atomic mass is 32.1. The van der Waals surface area contributed by atoms with Crippen LogP contribution in [-0.2, 0) is 4.79 Å². The summed E-state index contributed by atoms with van der Waals surface area (Å²) in [4.78, 5) is 17.5. The number of nitrogens with zero attached hydrogens (tertiary/aromatic N) is 1. The van der Waals surface area contributed by atoms with Crippen molar-refractivity contribution in [2.24, 2.45) is 11.7 Å². The number of thiazole rings is 1. The van der Waals surface area contributed by atoms with Gasteiger partial charge < -0.3 is 11.1 Å². The molecule has 1 amide bonds. The highest BCUT2D eigenvalue weighted by Gasteiger charge is 2.44. The number of nitrogens with two attached hydrogens (primary N) is 1. The molecule has 1 aliphatic rings. The van der Waals surface area contributed by atoms with Gasteiger partial charge in [0.15, 0.2) is 0 Å². The predicted molar refractivity (Wildman–Crippen MR) is 68.7 cm³/mol. The number of hydrogen-bond acceptors (Lipinski definition) is 4. The van der Waals surface area contributed by atoms with Gasteiger partial charge in [-0.05, 0) is 39.5 Å². The van der Waals surface area contributed by atoms with E-state index in [1.807, 2.05) is 27.0 Å². The predicted octanol–water partition coefficient (Wildman–Crippen LogP) is 1.76. The standard InChI is InChI=1S/C12H19N3OS/c1-7-6-14-10(17-7)8(2)15-11(16)12(3,13)9-4-5-9/h6,8-9H,4-5,13H2,1-3H3,(H,15,16). The van der Waals surface area contributed by atoms with Crippen molar-refractivity contribution >= 4 is 17.2 Å². The summed E-state index contributed by atoms with van der Waals surface area (Å²) in [5.74, 6) is 0.271. The molecule has 17 heavy (non-hydrogen) atoms.